The maximum atomic E-state index is 11.6. The first-order valence-electron chi connectivity index (χ1n) is 6.86. The highest BCUT2D eigenvalue weighted by Gasteiger charge is 2.07. The fourth-order valence-corrected chi connectivity index (χ4v) is 2.70. The van der Waals surface area contributed by atoms with Crippen LogP contribution in [0.3, 0.4) is 0 Å². The zero-order valence-corrected chi connectivity index (χ0v) is 12.4. The third-order valence-corrected chi connectivity index (χ3v) is 4.22. The Bertz CT molecular complexity index is 432. The largest absolute Gasteiger partial charge is 0.315 e. The van der Waals surface area contributed by atoms with Gasteiger partial charge in [-0.2, -0.15) is 0 Å². The molecule has 0 heterocycles. The molecule has 0 spiro atoms. The number of hydrogen-bond acceptors (Lipinski definition) is 3. The summed E-state index contributed by atoms with van der Waals surface area (Å²) in [5.74, 6) is 0.144. The normalized spacial score (nSPS) is 11.6. The summed E-state index contributed by atoms with van der Waals surface area (Å²) in [5, 5.41) is 3.16. The van der Waals surface area contributed by atoms with E-state index in [2.05, 4.69) is 22.2 Å². The van der Waals surface area contributed by atoms with Crippen molar-refractivity contribution in [2.45, 2.75) is 26.2 Å². The number of sulfonamides is 1. The van der Waals surface area contributed by atoms with Gasteiger partial charge in [0.25, 0.3) is 0 Å². The summed E-state index contributed by atoms with van der Waals surface area (Å²) in [6.07, 6.45) is 2.81. The van der Waals surface area contributed by atoms with Crippen molar-refractivity contribution in [3.05, 3.63) is 35.9 Å². The molecule has 0 bridgehead atoms. The SMILES string of the molecule is CCCCNS(=O)(=O)CCNCCc1ccccc1. The Kier molecular flexibility index (Phi) is 7.70. The molecule has 0 aromatic heterocycles. The molecule has 0 unspecified atom stereocenters. The zero-order valence-electron chi connectivity index (χ0n) is 11.6. The first-order valence-corrected chi connectivity index (χ1v) is 8.51. The van der Waals surface area contributed by atoms with Crippen LogP contribution in [-0.4, -0.2) is 33.8 Å². The van der Waals surface area contributed by atoms with E-state index in [1.807, 2.05) is 25.1 Å². The van der Waals surface area contributed by atoms with E-state index in [1.165, 1.54) is 5.56 Å². The fourth-order valence-electron chi connectivity index (χ4n) is 1.69. The molecule has 0 aliphatic heterocycles. The van der Waals surface area contributed by atoms with E-state index < -0.39 is 10.0 Å². The summed E-state index contributed by atoms with van der Waals surface area (Å²) >= 11 is 0. The minimum absolute atomic E-state index is 0.144. The summed E-state index contributed by atoms with van der Waals surface area (Å²) in [6, 6.07) is 10.2. The summed E-state index contributed by atoms with van der Waals surface area (Å²) in [5.41, 5.74) is 1.26. The van der Waals surface area contributed by atoms with Crippen molar-refractivity contribution < 1.29 is 8.42 Å². The van der Waals surface area contributed by atoms with Gasteiger partial charge >= 0.3 is 0 Å². The molecule has 1 rings (SSSR count). The van der Waals surface area contributed by atoms with Gasteiger partial charge in [-0.3, -0.25) is 0 Å². The highest BCUT2D eigenvalue weighted by atomic mass is 32.2. The number of nitrogens with one attached hydrogen (secondary N) is 2. The van der Waals surface area contributed by atoms with Crippen molar-refractivity contribution in [2.75, 3.05) is 25.4 Å². The molecule has 1 aromatic carbocycles. The van der Waals surface area contributed by atoms with Gasteiger partial charge in [0.15, 0.2) is 0 Å². The number of benzene rings is 1. The molecule has 0 radical (unpaired) electrons. The average Bonchev–Trinajstić information content (AvgIpc) is 2.39. The van der Waals surface area contributed by atoms with Gasteiger partial charge in [-0.15, -0.1) is 0 Å². The Balaban J connectivity index is 2.10. The Labute approximate surface area is 116 Å². The summed E-state index contributed by atoms with van der Waals surface area (Å²) in [6.45, 7) is 3.88. The van der Waals surface area contributed by atoms with Crippen LogP contribution < -0.4 is 10.0 Å². The van der Waals surface area contributed by atoms with Crippen LogP contribution in [0.15, 0.2) is 30.3 Å². The molecule has 19 heavy (non-hydrogen) atoms. The monoisotopic (exact) mass is 284 g/mol. The minimum atomic E-state index is -3.11. The van der Waals surface area contributed by atoms with Crippen molar-refractivity contribution in [3.8, 4) is 0 Å². The number of rotatable bonds is 10. The lowest BCUT2D eigenvalue weighted by Gasteiger charge is -2.07. The van der Waals surface area contributed by atoms with Crippen LogP contribution in [0.4, 0.5) is 0 Å². The summed E-state index contributed by atoms with van der Waals surface area (Å²) in [4.78, 5) is 0. The van der Waals surface area contributed by atoms with Crippen LogP contribution >= 0.6 is 0 Å². The first-order chi connectivity index (χ1) is 9.14. The molecule has 0 atom stereocenters. The topological polar surface area (TPSA) is 58.2 Å². The van der Waals surface area contributed by atoms with Gasteiger partial charge in [0.05, 0.1) is 5.75 Å². The average molecular weight is 284 g/mol. The lowest BCUT2D eigenvalue weighted by Crippen LogP contribution is -2.33. The third kappa shape index (κ3) is 7.97. The smallest absolute Gasteiger partial charge is 0.212 e. The van der Waals surface area contributed by atoms with Gasteiger partial charge in [-0.25, -0.2) is 13.1 Å². The van der Waals surface area contributed by atoms with Gasteiger partial charge in [0.1, 0.15) is 0 Å². The number of unbranched alkanes of at least 4 members (excludes halogenated alkanes) is 1. The molecule has 0 saturated heterocycles. The molecule has 108 valence electrons. The predicted octanol–water partition coefficient (Wildman–Crippen LogP) is 1.54. The highest BCUT2D eigenvalue weighted by molar-refractivity contribution is 7.89. The molecule has 0 saturated carbocycles. The van der Waals surface area contributed by atoms with Crippen molar-refractivity contribution in [1.82, 2.24) is 10.0 Å². The Hall–Kier alpha value is -0.910. The van der Waals surface area contributed by atoms with Crippen LogP contribution in [-0.2, 0) is 16.4 Å². The molecule has 5 heteroatoms. The maximum Gasteiger partial charge on any atom is 0.212 e. The third-order valence-electron chi connectivity index (χ3n) is 2.83. The van der Waals surface area contributed by atoms with Crippen molar-refractivity contribution in [2.24, 2.45) is 0 Å². The lowest BCUT2D eigenvalue weighted by atomic mass is 10.1. The molecule has 0 fully saturated rings. The zero-order chi connectivity index (χ0) is 14.0. The van der Waals surface area contributed by atoms with E-state index in [0.29, 0.717) is 13.1 Å². The van der Waals surface area contributed by atoms with E-state index >= 15 is 0 Å². The van der Waals surface area contributed by atoms with Crippen molar-refractivity contribution in [1.29, 1.82) is 0 Å². The second-order valence-corrected chi connectivity index (χ2v) is 6.48. The summed E-state index contributed by atoms with van der Waals surface area (Å²) in [7, 11) is -3.11. The van der Waals surface area contributed by atoms with Gasteiger partial charge in [0, 0.05) is 13.1 Å². The van der Waals surface area contributed by atoms with E-state index in [-0.39, 0.29) is 5.75 Å². The van der Waals surface area contributed by atoms with E-state index in [9.17, 15) is 8.42 Å². The molecule has 0 amide bonds. The van der Waals surface area contributed by atoms with Crippen LogP contribution in [0.2, 0.25) is 0 Å². The maximum absolute atomic E-state index is 11.6. The van der Waals surface area contributed by atoms with Crippen LogP contribution in [0.5, 0.6) is 0 Å². The Morgan fingerprint density at radius 1 is 1.05 bits per heavy atom. The van der Waals surface area contributed by atoms with E-state index in [4.69, 9.17) is 0 Å². The molecule has 0 aliphatic carbocycles. The van der Waals surface area contributed by atoms with Gasteiger partial charge in [-0.1, -0.05) is 43.7 Å². The Morgan fingerprint density at radius 3 is 2.47 bits per heavy atom. The predicted molar refractivity (Wildman–Crippen MR) is 79.7 cm³/mol. The first kappa shape index (κ1) is 16.1. The van der Waals surface area contributed by atoms with Crippen LogP contribution in [0.1, 0.15) is 25.3 Å². The molecular weight excluding hydrogens is 260 g/mol. The van der Waals surface area contributed by atoms with Gasteiger partial charge < -0.3 is 5.32 Å². The molecule has 0 aliphatic rings. The lowest BCUT2D eigenvalue weighted by molar-refractivity contribution is 0.573. The molecule has 2 N–H and O–H groups in total. The van der Waals surface area contributed by atoms with E-state index in [1.54, 1.807) is 0 Å². The van der Waals surface area contributed by atoms with E-state index in [0.717, 1.165) is 25.8 Å². The minimum Gasteiger partial charge on any atom is -0.315 e. The fraction of sp³-hybridized carbons (Fsp3) is 0.571. The van der Waals surface area contributed by atoms with Gasteiger partial charge in [-0.05, 0) is 24.9 Å². The quantitative estimate of drug-likeness (QED) is 0.641. The second kappa shape index (κ2) is 9.07. The second-order valence-electron chi connectivity index (χ2n) is 4.55. The van der Waals surface area contributed by atoms with Crippen LogP contribution in [0.25, 0.3) is 0 Å². The molecule has 4 nitrogen and oxygen atoms in total. The highest BCUT2D eigenvalue weighted by Crippen LogP contribution is 1.98. The molecular formula is C14H24N2O2S. The Morgan fingerprint density at radius 2 is 1.79 bits per heavy atom. The number of hydrogen-bond donors (Lipinski definition) is 2. The summed E-state index contributed by atoms with van der Waals surface area (Å²) < 4.78 is 25.8. The van der Waals surface area contributed by atoms with Gasteiger partial charge in [0.2, 0.25) is 10.0 Å². The standard InChI is InChI=1S/C14H24N2O2S/c1-2-3-10-16-19(17,18)13-12-15-11-9-14-7-5-4-6-8-14/h4-8,15-16H,2-3,9-13H2,1H3. The molecule has 1 aromatic rings. The van der Waals surface area contributed by atoms with Crippen LogP contribution in [0, 0.1) is 0 Å². The van der Waals surface area contributed by atoms with Crippen molar-refractivity contribution >= 4 is 10.0 Å². The van der Waals surface area contributed by atoms with Crippen molar-refractivity contribution in [3.63, 3.8) is 0 Å².